The molecular weight excluding hydrogens is 265 g/mol. The van der Waals surface area contributed by atoms with Crippen LogP contribution < -0.4 is 0 Å². The summed E-state index contributed by atoms with van der Waals surface area (Å²) < 4.78 is 13.1. The number of carbonyl (C=O) groups excluding carboxylic acids is 1. The molecule has 0 bridgehead atoms. The lowest BCUT2D eigenvalue weighted by molar-refractivity contribution is -0.134. The van der Waals surface area contributed by atoms with E-state index in [-0.39, 0.29) is 17.1 Å². The minimum absolute atomic E-state index is 0.235. The number of allylic oxidation sites excluding steroid dienone is 1. The van der Waals surface area contributed by atoms with E-state index in [0.29, 0.717) is 0 Å². The first kappa shape index (κ1) is 13.1. The summed E-state index contributed by atoms with van der Waals surface area (Å²) in [6, 6.07) is 6.49. The zero-order valence-corrected chi connectivity index (χ0v) is 12.2. The van der Waals surface area contributed by atoms with Gasteiger partial charge in [0, 0.05) is 13.1 Å². The third-order valence-corrected chi connectivity index (χ3v) is 5.21. The van der Waals surface area contributed by atoms with E-state index in [1.165, 1.54) is 25.0 Å². The lowest BCUT2D eigenvalue weighted by Gasteiger charge is -2.32. The predicted molar refractivity (Wildman–Crippen MR) is 79.4 cm³/mol. The second kappa shape index (κ2) is 4.69. The van der Waals surface area contributed by atoms with Crippen molar-refractivity contribution in [2.75, 3.05) is 13.1 Å². The van der Waals surface area contributed by atoms with Gasteiger partial charge in [-0.05, 0) is 56.2 Å². The molecule has 0 aromatic heterocycles. The second-order valence-electron chi connectivity index (χ2n) is 6.59. The number of nitrogens with zero attached hydrogens (tertiary/aromatic N) is 1. The van der Waals surface area contributed by atoms with Crippen molar-refractivity contribution in [1.82, 2.24) is 4.90 Å². The molecule has 21 heavy (non-hydrogen) atoms. The summed E-state index contributed by atoms with van der Waals surface area (Å²) in [7, 11) is 0. The fraction of sp³-hybridized carbons (Fsp3) is 0.500. The van der Waals surface area contributed by atoms with Crippen molar-refractivity contribution in [3.8, 4) is 0 Å². The Morgan fingerprint density at radius 3 is 2.05 bits per heavy atom. The third kappa shape index (κ3) is 2.29. The average molecular weight is 285 g/mol. The van der Waals surface area contributed by atoms with Crippen LogP contribution in [0, 0.1) is 5.82 Å². The molecule has 2 aliphatic carbocycles. The Balaban J connectivity index is 1.49. The van der Waals surface area contributed by atoms with Gasteiger partial charge in [0.15, 0.2) is 0 Å². The van der Waals surface area contributed by atoms with E-state index in [1.807, 2.05) is 4.90 Å². The van der Waals surface area contributed by atoms with Crippen LogP contribution in [-0.4, -0.2) is 23.9 Å². The molecule has 110 valence electrons. The summed E-state index contributed by atoms with van der Waals surface area (Å²) in [6.45, 7) is 1.72. The Morgan fingerprint density at radius 1 is 0.952 bits per heavy atom. The maximum absolute atomic E-state index is 13.1. The number of hydrogen-bond donors (Lipinski definition) is 0. The Hall–Kier alpha value is -1.64. The largest absolute Gasteiger partial charge is 0.341 e. The average Bonchev–Trinajstić information content (AvgIpc) is 3.40. The van der Waals surface area contributed by atoms with Crippen molar-refractivity contribution in [1.29, 1.82) is 0 Å². The number of rotatable bonds is 2. The van der Waals surface area contributed by atoms with E-state index >= 15 is 0 Å². The van der Waals surface area contributed by atoms with Gasteiger partial charge in [-0.1, -0.05) is 23.3 Å². The summed E-state index contributed by atoms with van der Waals surface area (Å²) in [6.07, 6.45) is 6.48. The van der Waals surface area contributed by atoms with Gasteiger partial charge in [0.25, 0.3) is 0 Å². The molecule has 0 unspecified atom stereocenters. The molecule has 0 radical (unpaired) electrons. The number of piperidine rings is 1. The fourth-order valence-electron chi connectivity index (χ4n) is 3.57. The molecule has 1 aromatic rings. The highest BCUT2D eigenvalue weighted by Gasteiger charge is 2.53. The van der Waals surface area contributed by atoms with E-state index in [4.69, 9.17) is 0 Å². The van der Waals surface area contributed by atoms with Gasteiger partial charge in [-0.2, -0.15) is 0 Å². The van der Waals surface area contributed by atoms with Crippen LogP contribution in [0.5, 0.6) is 0 Å². The van der Waals surface area contributed by atoms with Gasteiger partial charge in [0.05, 0.1) is 5.41 Å². The zero-order chi connectivity index (χ0) is 14.4. The van der Waals surface area contributed by atoms with Crippen molar-refractivity contribution in [3.05, 3.63) is 46.8 Å². The number of benzene rings is 1. The number of hydrogen-bond acceptors (Lipinski definition) is 1. The van der Waals surface area contributed by atoms with Crippen LogP contribution in [0.1, 0.15) is 44.1 Å². The van der Waals surface area contributed by atoms with Crippen LogP contribution in [-0.2, 0) is 10.2 Å². The molecule has 0 N–H and O–H groups in total. The predicted octanol–water partition coefficient (Wildman–Crippen LogP) is 3.57. The molecule has 1 saturated heterocycles. The van der Waals surface area contributed by atoms with Crippen molar-refractivity contribution < 1.29 is 9.18 Å². The van der Waals surface area contributed by atoms with Gasteiger partial charge >= 0.3 is 0 Å². The molecule has 0 atom stereocenters. The lowest BCUT2D eigenvalue weighted by Crippen LogP contribution is -2.42. The Morgan fingerprint density at radius 2 is 1.52 bits per heavy atom. The molecule has 0 spiro atoms. The quantitative estimate of drug-likeness (QED) is 0.761. The summed E-state index contributed by atoms with van der Waals surface area (Å²) in [5.41, 5.74) is 3.88. The maximum Gasteiger partial charge on any atom is 0.233 e. The Bertz CT molecular complexity index is 597. The summed E-state index contributed by atoms with van der Waals surface area (Å²) in [5.74, 6) is 0.0228. The van der Waals surface area contributed by atoms with Gasteiger partial charge in [0.2, 0.25) is 5.91 Å². The number of likely N-dealkylation sites (tertiary alicyclic amines) is 1. The summed E-state index contributed by atoms with van der Waals surface area (Å²) in [5, 5.41) is 0. The smallest absolute Gasteiger partial charge is 0.233 e. The van der Waals surface area contributed by atoms with E-state index in [0.717, 1.165) is 44.3 Å². The first-order chi connectivity index (χ1) is 10.2. The van der Waals surface area contributed by atoms with Crippen molar-refractivity contribution >= 4 is 5.91 Å². The molecule has 3 heteroatoms. The van der Waals surface area contributed by atoms with Gasteiger partial charge in [-0.15, -0.1) is 0 Å². The molecule has 2 saturated carbocycles. The van der Waals surface area contributed by atoms with Crippen molar-refractivity contribution in [2.24, 2.45) is 0 Å². The third-order valence-electron chi connectivity index (χ3n) is 5.21. The van der Waals surface area contributed by atoms with Gasteiger partial charge in [-0.25, -0.2) is 4.39 Å². The van der Waals surface area contributed by atoms with E-state index in [1.54, 1.807) is 23.3 Å². The SMILES string of the molecule is O=C(N1CCC(=C2CC2)CC1)C1(c2ccc(F)cc2)CC1. The minimum Gasteiger partial charge on any atom is -0.341 e. The molecular formula is C18H20FNO. The molecule has 1 aromatic carbocycles. The minimum atomic E-state index is -0.349. The van der Waals surface area contributed by atoms with Gasteiger partial charge in [0.1, 0.15) is 5.82 Å². The molecule has 1 amide bonds. The molecule has 3 fully saturated rings. The highest BCUT2D eigenvalue weighted by molar-refractivity contribution is 5.91. The normalized spacial score (nSPS) is 23.2. The first-order valence-electron chi connectivity index (χ1n) is 7.94. The standard InChI is InChI=1S/C18H20FNO/c19-16-5-3-15(4-6-16)18(9-10-18)17(21)20-11-7-14(8-12-20)13-1-2-13/h3-6H,1-2,7-12H2. The lowest BCUT2D eigenvalue weighted by atomic mass is 9.92. The van der Waals surface area contributed by atoms with E-state index in [9.17, 15) is 9.18 Å². The van der Waals surface area contributed by atoms with E-state index in [2.05, 4.69) is 0 Å². The van der Waals surface area contributed by atoms with Crippen LogP contribution in [0.3, 0.4) is 0 Å². The van der Waals surface area contributed by atoms with Gasteiger partial charge < -0.3 is 4.90 Å². The van der Waals surface area contributed by atoms with Crippen LogP contribution in [0.2, 0.25) is 0 Å². The molecule has 2 nitrogen and oxygen atoms in total. The van der Waals surface area contributed by atoms with Crippen LogP contribution >= 0.6 is 0 Å². The molecule has 1 aliphatic heterocycles. The highest BCUT2D eigenvalue weighted by Crippen LogP contribution is 2.50. The number of halogens is 1. The zero-order valence-electron chi connectivity index (χ0n) is 12.2. The number of amides is 1. The first-order valence-corrected chi connectivity index (χ1v) is 7.94. The Labute approximate surface area is 124 Å². The molecule has 3 aliphatic rings. The monoisotopic (exact) mass is 285 g/mol. The fourth-order valence-corrected chi connectivity index (χ4v) is 3.57. The van der Waals surface area contributed by atoms with Crippen LogP contribution in [0.4, 0.5) is 4.39 Å². The topological polar surface area (TPSA) is 20.3 Å². The van der Waals surface area contributed by atoms with Gasteiger partial charge in [-0.3, -0.25) is 4.79 Å². The summed E-state index contributed by atoms with van der Waals surface area (Å²) >= 11 is 0. The summed E-state index contributed by atoms with van der Waals surface area (Å²) in [4.78, 5) is 14.9. The Kier molecular flexibility index (Phi) is 2.91. The van der Waals surface area contributed by atoms with Crippen molar-refractivity contribution in [3.63, 3.8) is 0 Å². The van der Waals surface area contributed by atoms with E-state index < -0.39 is 0 Å². The molecule has 1 heterocycles. The number of carbonyl (C=O) groups is 1. The van der Waals surface area contributed by atoms with Crippen LogP contribution in [0.15, 0.2) is 35.4 Å². The van der Waals surface area contributed by atoms with Crippen molar-refractivity contribution in [2.45, 2.75) is 43.9 Å². The maximum atomic E-state index is 13.1. The van der Waals surface area contributed by atoms with Crippen LogP contribution in [0.25, 0.3) is 0 Å². The molecule has 4 rings (SSSR count). The second-order valence-corrected chi connectivity index (χ2v) is 6.59. The highest BCUT2D eigenvalue weighted by atomic mass is 19.1.